The number of fused-ring (bicyclic) bond motifs is 2. The average molecular weight is 316 g/mol. The molecule has 0 radical (unpaired) electrons. The standard InChI is InChI=1S/C21H22N3/c1-15-8-9-21-19(12-15)18(10-11-23(21)3)14-22-24-16(2)13-17-6-4-5-7-20(17)24/h4-12,14,16H,13H2,1-3H3/q+1. The van der Waals surface area contributed by atoms with Gasteiger partial charge < -0.3 is 0 Å². The highest BCUT2D eigenvalue weighted by atomic mass is 15.5. The Balaban J connectivity index is 1.76. The van der Waals surface area contributed by atoms with Crippen molar-refractivity contribution < 1.29 is 4.57 Å². The molecule has 4 rings (SSSR count). The van der Waals surface area contributed by atoms with Crippen molar-refractivity contribution in [2.75, 3.05) is 5.01 Å². The Morgan fingerprint density at radius 1 is 1.17 bits per heavy atom. The van der Waals surface area contributed by atoms with Crippen molar-refractivity contribution in [2.45, 2.75) is 26.3 Å². The summed E-state index contributed by atoms with van der Waals surface area (Å²) in [7, 11) is 2.08. The van der Waals surface area contributed by atoms with Crippen LogP contribution < -0.4 is 9.58 Å². The number of rotatable bonds is 2. The summed E-state index contributed by atoms with van der Waals surface area (Å²) >= 11 is 0. The highest BCUT2D eigenvalue weighted by Crippen LogP contribution is 2.31. The van der Waals surface area contributed by atoms with Crippen LogP contribution in [0.25, 0.3) is 10.9 Å². The highest BCUT2D eigenvalue weighted by molar-refractivity contribution is 5.97. The molecule has 0 aliphatic carbocycles. The minimum Gasteiger partial charge on any atom is -0.262 e. The van der Waals surface area contributed by atoms with Crippen LogP contribution in [0, 0.1) is 6.92 Å². The van der Waals surface area contributed by atoms with E-state index in [2.05, 4.69) is 85.2 Å². The number of para-hydroxylation sites is 1. The molecule has 0 fully saturated rings. The van der Waals surface area contributed by atoms with E-state index in [9.17, 15) is 0 Å². The topological polar surface area (TPSA) is 19.5 Å². The largest absolute Gasteiger partial charge is 0.262 e. The molecule has 24 heavy (non-hydrogen) atoms. The van der Waals surface area contributed by atoms with E-state index in [1.54, 1.807) is 0 Å². The van der Waals surface area contributed by atoms with E-state index in [0.717, 1.165) is 12.0 Å². The van der Waals surface area contributed by atoms with Crippen molar-refractivity contribution in [2.24, 2.45) is 12.1 Å². The molecule has 0 N–H and O–H groups in total. The van der Waals surface area contributed by atoms with Gasteiger partial charge in [0.1, 0.15) is 7.05 Å². The molecule has 1 aromatic heterocycles. The number of pyridine rings is 1. The van der Waals surface area contributed by atoms with Crippen molar-refractivity contribution in [3.05, 3.63) is 71.4 Å². The number of anilines is 1. The molecule has 0 saturated carbocycles. The third-order valence-corrected chi connectivity index (χ3v) is 4.81. The molecule has 2 heterocycles. The molecule has 0 spiro atoms. The first-order chi connectivity index (χ1) is 11.6. The summed E-state index contributed by atoms with van der Waals surface area (Å²) in [5, 5.41) is 8.21. The zero-order valence-electron chi connectivity index (χ0n) is 14.4. The van der Waals surface area contributed by atoms with Crippen molar-refractivity contribution in [3.8, 4) is 0 Å². The van der Waals surface area contributed by atoms with E-state index >= 15 is 0 Å². The summed E-state index contributed by atoms with van der Waals surface area (Å²) in [5.41, 5.74) is 6.25. The minimum atomic E-state index is 0.395. The maximum atomic E-state index is 4.82. The second kappa shape index (κ2) is 5.75. The number of aryl methyl sites for hydroxylation is 2. The van der Waals surface area contributed by atoms with Crippen molar-refractivity contribution in [1.29, 1.82) is 0 Å². The molecular formula is C21H22N3+. The van der Waals surface area contributed by atoms with Gasteiger partial charge in [0.2, 0.25) is 5.52 Å². The van der Waals surface area contributed by atoms with Crippen LogP contribution in [0.2, 0.25) is 0 Å². The second-order valence-corrected chi connectivity index (χ2v) is 6.67. The van der Waals surface area contributed by atoms with E-state index < -0.39 is 0 Å². The van der Waals surface area contributed by atoms with Gasteiger partial charge in [0.15, 0.2) is 6.20 Å². The summed E-state index contributed by atoms with van der Waals surface area (Å²) < 4.78 is 2.15. The van der Waals surface area contributed by atoms with Crippen molar-refractivity contribution >= 4 is 22.8 Å². The smallest absolute Gasteiger partial charge is 0.212 e. The lowest BCUT2D eigenvalue weighted by Crippen LogP contribution is -2.28. The van der Waals surface area contributed by atoms with E-state index in [4.69, 9.17) is 5.10 Å². The molecule has 1 aliphatic rings. The number of hydrogen-bond donors (Lipinski definition) is 0. The average Bonchev–Trinajstić information content (AvgIpc) is 2.89. The third kappa shape index (κ3) is 2.46. The van der Waals surface area contributed by atoms with E-state index in [1.807, 2.05) is 6.21 Å². The van der Waals surface area contributed by atoms with Gasteiger partial charge >= 0.3 is 0 Å². The van der Waals surface area contributed by atoms with Crippen LogP contribution in [0.4, 0.5) is 5.69 Å². The Hall–Kier alpha value is -2.68. The zero-order valence-corrected chi connectivity index (χ0v) is 14.4. The molecule has 1 aliphatic heterocycles. The third-order valence-electron chi connectivity index (χ3n) is 4.81. The molecule has 2 aromatic carbocycles. The van der Waals surface area contributed by atoms with Crippen molar-refractivity contribution in [3.63, 3.8) is 0 Å². The molecular weight excluding hydrogens is 294 g/mol. The van der Waals surface area contributed by atoms with Crippen LogP contribution in [-0.4, -0.2) is 12.3 Å². The van der Waals surface area contributed by atoms with Crippen LogP contribution in [0.5, 0.6) is 0 Å². The number of benzene rings is 2. The number of hydrazone groups is 1. The van der Waals surface area contributed by atoms with Gasteiger partial charge in [-0.05, 0) is 38.0 Å². The van der Waals surface area contributed by atoms with Gasteiger partial charge in [0.05, 0.1) is 23.3 Å². The monoisotopic (exact) mass is 316 g/mol. The number of hydrogen-bond acceptors (Lipinski definition) is 2. The summed E-state index contributed by atoms with van der Waals surface area (Å²) in [6.07, 6.45) is 5.15. The molecule has 120 valence electrons. The van der Waals surface area contributed by atoms with Crippen LogP contribution in [0.15, 0.2) is 59.8 Å². The summed E-state index contributed by atoms with van der Waals surface area (Å²) in [5.74, 6) is 0. The fraction of sp³-hybridized carbons (Fsp3) is 0.238. The molecule has 3 heteroatoms. The highest BCUT2D eigenvalue weighted by Gasteiger charge is 2.24. The number of aromatic nitrogens is 1. The lowest BCUT2D eigenvalue weighted by molar-refractivity contribution is -0.644. The molecule has 3 aromatic rings. The summed E-state index contributed by atoms with van der Waals surface area (Å²) in [4.78, 5) is 0. The maximum absolute atomic E-state index is 4.82. The zero-order chi connectivity index (χ0) is 16.7. The Morgan fingerprint density at radius 3 is 2.88 bits per heavy atom. The predicted molar refractivity (Wildman–Crippen MR) is 99.5 cm³/mol. The van der Waals surface area contributed by atoms with Gasteiger partial charge in [0.25, 0.3) is 0 Å². The van der Waals surface area contributed by atoms with Crippen LogP contribution in [0.1, 0.15) is 23.6 Å². The second-order valence-electron chi connectivity index (χ2n) is 6.67. The molecule has 1 unspecified atom stereocenters. The van der Waals surface area contributed by atoms with Crippen molar-refractivity contribution in [1.82, 2.24) is 0 Å². The Labute approximate surface area is 142 Å². The van der Waals surface area contributed by atoms with Gasteiger partial charge in [-0.3, -0.25) is 5.01 Å². The molecule has 3 nitrogen and oxygen atoms in total. The van der Waals surface area contributed by atoms with Gasteiger partial charge in [-0.15, -0.1) is 0 Å². The lowest BCUT2D eigenvalue weighted by Gasteiger charge is -2.18. The fourth-order valence-electron chi connectivity index (χ4n) is 3.51. The van der Waals surface area contributed by atoms with Gasteiger partial charge in [0, 0.05) is 17.7 Å². The quantitative estimate of drug-likeness (QED) is 0.520. The first kappa shape index (κ1) is 14.9. The fourth-order valence-corrected chi connectivity index (χ4v) is 3.51. The van der Waals surface area contributed by atoms with Crippen LogP contribution >= 0.6 is 0 Å². The lowest BCUT2D eigenvalue weighted by atomic mass is 10.1. The number of nitrogens with zero attached hydrogens (tertiary/aromatic N) is 3. The SMILES string of the molecule is Cc1ccc2c(c1)c(C=NN1c3ccccc3CC1C)cc[n+]2C. The normalized spacial score (nSPS) is 17.0. The van der Waals surface area contributed by atoms with Gasteiger partial charge in [-0.25, -0.2) is 4.57 Å². The summed E-state index contributed by atoms with van der Waals surface area (Å²) in [6, 6.07) is 17.6. The predicted octanol–water partition coefficient (Wildman–Crippen LogP) is 3.76. The van der Waals surface area contributed by atoms with Gasteiger partial charge in [-0.2, -0.15) is 5.10 Å². The maximum Gasteiger partial charge on any atom is 0.212 e. The van der Waals surface area contributed by atoms with E-state index in [-0.39, 0.29) is 0 Å². The molecule has 0 saturated heterocycles. The Kier molecular flexibility index (Phi) is 3.57. The Bertz CT molecular complexity index is 943. The van der Waals surface area contributed by atoms with E-state index in [0.29, 0.717) is 6.04 Å². The first-order valence-corrected chi connectivity index (χ1v) is 8.43. The summed E-state index contributed by atoms with van der Waals surface area (Å²) in [6.45, 7) is 4.36. The molecule has 0 amide bonds. The van der Waals surface area contributed by atoms with Crippen LogP contribution in [-0.2, 0) is 13.5 Å². The van der Waals surface area contributed by atoms with Crippen LogP contribution in [0.3, 0.4) is 0 Å². The molecule has 0 bridgehead atoms. The minimum absolute atomic E-state index is 0.395. The Morgan fingerprint density at radius 2 is 2.00 bits per heavy atom. The molecule has 1 atom stereocenters. The first-order valence-electron chi connectivity index (χ1n) is 8.43. The van der Waals surface area contributed by atoms with E-state index in [1.165, 1.54) is 27.7 Å². The van der Waals surface area contributed by atoms with Gasteiger partial charge in [-0.1, -0.05) is 29.8 Å².